The summed E-state index contributed by atoms with van der Waals surface area (Å²) in [7, 11) is 0. The summed E-state index contributed by atoms with van der Waals surface area (Å²) in [5, 5.41) is 62.1. The van der Waals surface area contributed by atoms with E-state index in [9.17, 15) is 83.1 Å². The summed E-state index contributed by atoms with van der Waals surface area (Å²) in [5.41, 5.74) is 0.0203. The van der Waals surface area contributed by atoms with Crippen LogP contribution >= 0.6 is 12.6 Å². The van der Waals surface area contributed by atoms with Crippen molar-refractivity contribution in [2.45, 2.75) is 107 Å². The van der Waals surface area contributed by atoms with Gasteiger partial charge in [-0.05, 0) is 35.1 Å². The Bertz CT molecular complexity index is 2160. The molecule has 2 aromatic rings. The number of carbonyl (C=O) groups excluding carboxylic acids is 7. The summed E-state index contributed by atoms with van der Waals surface area (Å²) < 4.78 is 0. The third-order valence-electron chi connectivity index (χ3n) is 10.7. The monoisotopic (exact) mass is 944 g/mol. The number of fused-ring (bicyclic) bond motifs is 1. The molecule has 2 aromatic carbocycles. The second-order valence-electron chi connectivity index (χ2n) is 15.6. The van der Waals surface area contributed by atoms with E-state index in [4.69, 9.17) is 0 Å². The number of thiol groups is 1. The largest absolute Gasteiger partial charge is 0.481 e. The first kappa shape index (κ1) is 53.2. The lowest BCUT2D eigenvalue weighted by Gasteiger charge is -2.30. The lowest BCUT2D eigenvalue weighted by molar-refractivity contribution is -0.155. The first-order chi connectivity index (χ1) is 31.1. The Balaban J connectivity index is 2.10. The third-order valence-corrected chi connectivity index (χ3v) is 11.1. The van der Waals surface area contributed by atoms with Crippen LogP contribution in [-0.4, -0.2) is 133 Å². The quantitative estimate of drug-likeness (QED) is 0.0322. The predicted molar refractivity (Wildman–Crippen MR) is 230 cm³/mol. The second kappa shape index (κ2) is 25.4. The van der Waals surface area contributed by atoms with Crippen molar-refractivity contribution >= 4 is 94.5 Å². The van der Waals surface area contributed by atoms with Crippen molar-refractivity contribution in [3.8, 4) is 0 Å². The summed E-state index contributed by atoms with van der Waals surface area (Å²) in [6, 6.07) is 0.181. The maximum atomic E-state index is 14.6. The van der Waals surface area contributed by atoms with Crippen LogP contribution in [0.15, 0.2) is 42.5 Å². The molecule has 66 heavy (non-hydrogen) atoms. The van der Waals surface area contributed by atoms with Gasteiger partial charge < -0.3 is 57.4 Å². The zero-order valence-corrected chi connectivity index (χ0v) is 36.4. The summed E-state index contributed by atoms with van der Waals surface area (Å²) >= 11 is 3.97. The molecule has 0 unspecified atom stereocenters. The lowest BCUT2D eigenvalue weighted by Crippen LogP contribution is -2.58. The van der Waals surface area contributed by atoms with Gasteiger partial charge in [-0.25, -0.2) is 4.79 Å². The third kappa shape index (κ3) is 16.2. The van der Waals surface area contributed by atoms with Crippen LogP contribution in [0.3, 0.4) is 0 Å². The SMILES string of the molecule is CC(=O)N[C@@H](CC(=O)O)C(=O)N[C@H](CC(C(=O)O)C(=O)O)C(=O)N[C@H](C(=O)N[C@@H](CCC(=O)O)C(=O)N[C@@H](CC1CCCCC1)C(=O)N[C@@H](CS)C(=O)C(=O)O)c1cccc2ccccc12. The van der Waals surface area contributed by atoms with Crippen molar-refractivity contribution in [2.24, 2.45) is 11.8 Å². The molecule has 1 aliphatic rings. The summed E-state index contributed by atoms with van der Waals surface area (Å²) in [5.74, 6) is -19.9. The van der Waals surface area contributed by atoms with Crippen molar-refractivity contribution in [2.75, 3.05) is 5.75 Å². The zero-order valence-electron chi connectivity index (χ0n) is 35.5. The molecule has 1 aliphatic carbocycles. The number of nitrogens with one attached hydrogen (secondary N) is 6. The topological polar surface area (TPSA) is 378 Å². The molecule has 6 atom stereocenters. The summed E-state index contributed by atoms with van der Waals surface area (Å²) in [6.07, 6.45) is 0.300. The highest BCUT2D eigenvalue weighted by atomic mass is 32.1. The van der Waals surface area contributed by atoms with Crippen LogP contribution in [0.4, 0.5) is 0 Å². The number of benzene rings is 2. The van der Waals surface area contributed by atoms with Gasteiger partial charge in [0.25, 0.3) is 5.78 Å². The molecule has 0 bridgehead atoms. The Kier molecular flexibility index (Phi) is 20.5. The molecule has 0 aliphatic heterocycles. The van der Waals surface area contributed by atoms with E-state index in [1.165, 1.54) is 12.1 Å². The number of ketones is 1. The average molecular weight is 945 g/mol. The number of amides is 6. The molecule has 3 rings (SSSR count). The smallest absolute Gasteiger partial charge is 0.374 e. The van der Waals surface area contributed by atoms with Crippen LogP contribution in [0.5, 0.6) is 0 Å². The number of Topliss-reactive ketones (excluding diaryl/α,β-unsaturated/α-hetero) is 1. The zero-order chi connectivity index (χ0) is 49.2. The van der Waals surface area contributed by atoms with Gasteiger partial charge in [0, 0.05) is 25.5 Å². The minimum Gasteiger partial charge on any atom is -0.481 e. The first-order valence-corrected chi connectivity index (χ1v) is 21.3. The van der Waals surface area contributed by atoms with E-state index >= 15 is 0 Å². The number of aliphatic carboxylic acids is 5. The molecular weight excluding hydrogens is 893 g/mol. The van der Waals surface area contributed by atoms with Gasteiger partial charge in [-0.3, -0.25) is 52.7 Å². The molecule has 23 nitrogen and oxygen atoms in total. The van der Waals surface area contributed by atoms with Gasteiger partial charge in [-0.1, -0.05) is 74.6 Å². The molecule has 1 saturated carbocycles. The van der Waals surface area contributed by atoms with Crippen molar-refractivity contribution in [3.05, 3.63) is 48.0 Å². The predicted octanol–water partition coefficient (Wildman–Crippen LogP) is -0.490. The van der Waals surface area contributed by atoms with Gasteiger partial charge in [0.05, 0.1) is 6.42 Å². The summed E-state index contributed by atoms with van der Waals surface area (Å²) in [6.45, 7) is 0.948. The number of carboxylic acid groups (broad SMARTS) is 5. The molecule has 0 heterocycles. The number of rotatable bonds is 26. The van der Waals surface area contributed by atoms with E-state index in [1.54, 1.807) is 30.3 Å². The van der Waals surface area contributed by atoms with Crippen molar-refractivity contribution in [1.82, 2.24) is 31.9 Å². The molecule has 358 valence electrons. The molecule has 0 saturated heterocycles. The maximum absolute atomic E-state index is 14.6. The van der Waals surface area contributed by atoms with Gasteiger partial charge in [0.2, 0.25) is 35.4 Å². The molecule has 0 radical (unpaired) electrons. The maximum Gasteiger partial charge on any atom is 0.374 e. The van der Waals surface area contributed by atoms with Crippen molar-refractivity contribution in [1.29, 1.82) is 0 Å². The number of carboxylic acids is 5. The minimum atomic E-state index is -2.36. The van der Waals surface area contributed by atoms with Crippen LogP contribution < -0.4 is 31.9 Å². The average Bonchev–Trinajstić information content (AvgIpc) is 3.25. The standard InChI is InChI=1S/C42H52N6O17S/c1-20(49)43-29(18-32(52)53)37(57)46-28(17-25(40(60)61)41(62)63)38(58)48-33(24-13-7-11-22-10-5-6-12-23(22)24)39(59)44-26(14-15-31(50)51)35(55)45-27(16-21-8-3-2-4-9-21)36(56)47-30(19-66)34(54)42(64)65/h5-7,10-13,21,25-30,33,66H,2-4,8-9,14-19H2,1H3,(H,43,49)(H,44,59)(H,45,55)(H,46,57)(H,47,56)(H,48,58)(H,50,51)(H,52,53)(H,60,61)(H,62,63)(H,64,65)/t26-,27-,28+,29-,30-,33-/m0/s1. The van der Waals surface area contributed by atoms with E-state index in [-0.39, 0.29) is 17.9 Å². The fourth-order valence-electron chi connectivity index (χ4n) is 7.37. The van der Waals surface area contributed by atoms with Gasteiger partial charge in [-0.2, -0.15) is 12.6 Å². The summed E-state index contributed by atoms with van der Waals surface area (Å²) in [4.78, 5) is 153. The van der Waals surface area contributed by atoms with E-state index in [2.05, 4.69) is 44.5 Å². The lowest BCUT2D eigenvalue weighted by atomic mass is 9.84. The molecule has 1 fully saturated rings. The van der Waals surface area contributed by atoms with Gasteiger partial charge in [-0.15, -0.1) is 0 Å². The Morgan fingerprint density at radius 3 is 1.73 bits per heavy atom. The minimum absolute atomic E-state index is 0.00244. The highest BCUT2D eigenvalue weighted by Crippen LogP contribution is 2.28. The molecule has 0 aromatic heterocycles. The highest BCUT2D eigenvalue weighted by Gasteiger charge is 2.39. The normalized spacial score (nSPS) is 15.3. The Labute approximate surface area is 381 Å². The van der Waals surface area contributed by atoms with Gasteiger partial charge >= 0.3 is 29.8 Å². The number of hydrogen-bond donors (Lipinski definition) is 12. The fourth-order valence-corrected chi connectivity index (χ4v) is 7.63. The van der Waals surface area contributed by atoms with E-state index in [0.29, 0.717) is 23.6 Å². The Hall–Kier alpha value is -7.11. The van der Waals surface area contributed by atoms with Crippen LogP contribution in [0.25, 0.3) is 10.8 Å². The van der Waals surface area contributed by atoms with Gasteiger partial charge in [0.1, 0.15) is 36.3 Å². The Morgan fingerprint density at radius 2 is 1.15 bits per heavy atom. The van der Waals surface area contributed by atoms with Crippen molar-refractivity contribution < 1.29 is 83.1 Å². The number of hydrogen-bond acceptors (Lipinski definition) is 13. The fraction of sp³-hybridized carbons (Fsp3) is 0.476. The van der Waals surface area contributed by atoms with E-state index < -0.39 is 145 Å². The van der Waals surface area contributed by atoms with Crippen molar-refractivity contribution in [3.63, 3.8) is 0 Å². The first-order valence-electron chi connectivity index (χ1n) is 20.7. The highest BCUT2D eigenvalue weighted by molar-refractivity contribution is 7.80. The van der Waals surface area contributed by atoms with Crippen LogP contribution in [0.2, 0.25) is 0 Å². The van der Waals surface area contributed by atoms with E-state index in [0.717, 1.165) is 26.2 Å². The molecule has 6 amide bonds. The van der Waals surface area contributed by atoms with Crippen LogP contribution in [-0.2, 0) is 57.5 Å². The second-order valence-corrected chi connectivity index (χ2v) is 16.0. The van der Waals surface area contributed by atoms with Crippen LogP contribution in [0, 0.1) is 11.8 Å². The molecule has 11 N–H and O–H groups in total. The van der Waals surface area contributed by atoms with E-state index in [1.807, 2.05) is 0 Å². The molecule has 0 spiro atoms. The molecular formula is C42H52N6O17S. The Morgan fingerprint density at radius 1 is 0.606 bits per heavy atom. The number of carbonyl (C=O) groups is 12. The molecule has 24 heteroatoms. The van der Waals surface area contributed by atoms with Crippen LogP contribution in [0.1, 0.15) is 82.7 Å². The van der Waals surface area contributed by atoms with Gasteiger partial charge in [0.15, 0.2) is 5.92 Å².